The highest BCUT2D eigenvalue weighted by Crippen LogP contribution is 2.17. The van der Waals surface area contributed by atoms with E-state index in [1.54, 1.807) is 0 Å². The van der Waals surface area contributed by atoms with Crippen LogP contribution in [0.5, 0.6) is 0 Å². The zero-order valence-electron chi connectivity index (χ0n) is 11.5. The Kier molecular flexibility index (Phi) is 5.81. The monoisotopic (exact) mass is 290 g/mol. The SMILES string of the molecule is CC(c1noc(CCOCC(F)F)n1)N1CCNCC1. The molecular weight excluding hydrogens is 270 g/mol. The van der Waals surface area contributed by atoms with Crippen LogP contribution in [0.1, 0.15) is 24.7 Å². The molecule has 1 aliphatic rings. The van der Waals surface area contributed by atoms with E-state index < -0.39 is 13.0 Å². The molecule has 6 nitrogen and oxygen atoms in total. The third kappa shape index (κ3) is 4.46. The van der Waals surface area contributed by atoms with Crippen molar-refractivity contribution >= 4 is 0 Å². The molecule has 2 heterocycles. The Labute approximate surface area is 116 Å². The Hall–Kier alpha value is -1.12. The van der Waals surface area contributed by atoms with Crippen molar-refractivity contribution in [1.29, 1.82) is 0 Å². The van der Waals surface area contributed by atoms with Crippen molar-refractivity contribution in [2.45, 2.75) is 25.8 Å². The van der Waals surface area contributed by atoms with Crippen LogP contribution in [0.2, 0.25) is 0 Å². The van der Waals surface area contributed by atoms with Crippen molar-refractivity contribution in [3.05, 3.63) is 11.7 Å². The fourth-order valence-electron chi connectivity index (χ4n) is 2.10. The van der Waals surface area contributed by atoms with E-state index in [9.17, 15) is 8.78 Å². The number of ether oxygens (including phenoxy) is 1. The molecular formula is C12H20F2N4O2. The van der Waals surface area contributed by atoms with Crippen LogP contribution >= 0.6 is 0 Å². The number of alkyl halides is 2. The van der Waals surface area contributed by atoms with Crippen LogP contribution in [0.4, 0.5) is 8.78 Å². The van der Waals surface area contributed by atoms with Crippen LogP contribution in [0.25, 0.3) is 0 Å². The zero-order chi connectivity index (χ0) is 14.4. The third-order valence-electron chi connectivity index (χ3n) is 3.26. The molecule has 8 heteroatoms. The molecule has 1 unspecified atom stereocenters. The maximum absolute atomic E-state index is 11.9. The largest absolute Gasteiger partial charge is 0.375 e. The molecule has 1 fully saturated rings. The van der Waals surface area contributed by atoms with Gasteiger partial charge in [0.15, 0.2) is 5.82 Å². The van der Waals surface area contributed by atoms with Gasteiger partial charge in [0.1, 0.15) is 6.61 Å². The second-order valence-corrected chi connectivity index (χ2v) is 4.72. The van der Waals surface area contributed by atoms with Crippen molar-refractivity contribution in [2.24, 2.45) is 0 Å². The average Bonchev–Trinajstić information content (AvgIpc) is 2.92. The summed E-state index contributed by atoms with van der Waals surface area (Å²) in [5.41, 5.74) is 0. The molecule has 0 aromatic carbocycles. The average molecular weight is 290 g/mol. The standard InChI is InChI=1S/C12H20F2N4O2/c1-9(18-5-3-15-4-6-18)12-16-11(20-17-12)2-7-19-8-10(13)14/h9-10,15H,2-8H2,1H3. The number of halogens is 2. The Morgan fingerprint density at radius 2 is 2.15 bits per heavy atom. The van der Waals surface area contributed by atoms with Crippen molar-refractivity contribution in [2.75, 3.05) is 39.4 Å². The smallest absolute Gasteiger partial charge is 0.261 e. The molecule has 0 spiro atoms. The third-order valence-corrected chi connectivity index (χ3v) is 3.26. The lowest BCUT2D eigenvalue weighted by atomic mass is 10.2. The normalized spacial score (nSPS) is 18.6. The minimum atomic E-state index is -2.44. The molecule has 0 saturated carbocycles. The number of nitrogens with one attached hydrogen (secondary N) is 1. The van der Waals surface area contributed by atoms with Gasteiger partial charge in [0, 0.05) is 26.2 Å². The highest BCUT2D eigenvalue weighted by Gasteiger charge is 2.22. The first-order valence-electron chi connectivity index (χ1n) is 6.80. The molecule has 1 N–H and O–H groups in total. The maximum Gasteiger partial charge on any atom is 0.261 e. The van der Waals surface area contributed by atoms with Crippen molar-refractivity contribution < 1.29 is 18.0 Å². The van der Waals surface area contributed by atoms with Gasteiger partial charge in [-0.3, -0.25) is 4.90 Å². The summed E-state index contributed by atoms with van der Waals surface area (Å²) in [5, 5.41) is 7.24. The van der Waals surface area contributed by atoms with Crippen LogP contribution < -0.4 is 5.32 Å². The Morgan fingerprint density at radius 3 is 2.85 bits per heavy atom. The minimum absolute atomic E-state index is 0.0941. The van der Waals surface area contributed by atoms with Gasteiger partial charge in [0.25, 0.3) is 6.43 Å². The van der Waals surface area contributed by atoms with Gasteiger partial charge >= 0.3 is 0 Å². The van der Waals surface area contributed by atoms with E-state index in [-0.39, 0.29) is 12.6 Å². The number of aromatic nitrogens is 2. The number of hydrogen-bond donors (Lipinski definition) is 1. The summed E-state index contributed by atoms with van der Waals surface area (Å²) in [7, 11) is 0. The predicted molar refractivity (Wildman–Crippen MR) is 67.7 cm³/mol. The Balaban J connectivity index is 1.78. The highest BCUT2D eigenvalue weighted by molar-refractivity contribution is 4.94. The number of nitrogens with zero attached hydrogens (tertiary/aromatic N) is 3. The van der Waals surface area contributed by atoms with Gasteiger partial charge in [-0.15, -0.1) is 0 Å². The zero-order valence-corrected chi connectivity index (χ0v) is 11.5. The molecule has 114 valence electrons. The van der Waals surface area contributed by atoms with E-state index in [0.29, 0.717) is 18.1 Å². The van der Waals surface area contributed by atoms with E-state index in [0.717, 1.165) is 26.2 Å². The van der Waals surface area contributed by atoms with Crippen LogP contribution in [0.3, 0.4) is 0 Å². The van der Waals surface area contributed by atoms with Gasteiger partial charge in [-0.05, 0) is 6.92 Å². The molecule has 1 aromatic heterocycles. The van der Waals surface area contributed by atoms with Gasteiger partial charge in [-0.2, -0.15) is 4.98 Å². The summed E-state index contributed by atoms with van der Waals surface area (Å²) in [6.45, 7) is 5.44. The quantitative estimate of drug-likeness (QED) is 0.752. The Bertz CT molecular complexity index is 397. The highest BCUT2D eigenvalue weighted by atomic mass is 19.3. The first-order valence-corrected chi connectivity index (χ1v) is 6.80. The lowest BCUT2D eigenvalue weighted by molar-refractivity contribution is 0.0171. The molecule has 1 atom stereocenters. The lowest BCUT2D eigenvalue weighted by Crippen LogP contribution is -2.44. The summed E-state index contributed by atoms with van der Waals surface area (Å²) in [4.78, 5) is 6.57. The summed E-state index contributed by atoms with van der Waals surface area (Å²) in [5.74, 6) is 1.06. The molecule has 0 bridgehead atoms. The maximum atomic E-state index is 11.9. The van der Waals surface area contributed by atoms with Gasteiger partial charge < -0.3 is 14.6 Å². The van der Waals surface area contributed by atoms with Crippen molar-refractivity contribution in [1.82, 2.24) is 20.4 Å². The van der Waals surface area contributed by atoms with Crippen LogP contribution in [-0.4, -0.2) is 60.9 Å². The second kappa shape index (κ2) is 7.61. The molecule has 1 aromatic rings. The summed E-state index contributed by atoms with van der Waals surface area (Å²) < 4.78 is 33.7. The molecule has 20 heavy (non-hydrogen) atoms. The fourth-order valence-corrected chi connectivity index (χ4v) is 2.10. The first-order chi connectivity index (χ1) is 9.66. The van der Waals surface area contributed by atoms with Gasteiger partial charge in [-0.1, -0.05) is 5.16 Å². The van der Waals surface area contributed by atoms with E-state index in [2.05, 4.69) is 20.4 Å². The molecule has 1 aliphatic heterocycles. The van der Waals surface area contributed by atoms with E-state index >= 15 is 0 Å². The lowest BCUT2D eigenvalue weighted by Gasteiger charge is -2.30. The Morgan fingerprint density at radius 1 is 1.40 bits per heavy atom. The fraction of sp³-hybridized carbons (Fsp3) is 0.833. The molecule has 0 amide bonds. The molecule has 1 saturated heterocycles. The number of hydrogen-bond acceptors (Lipinski definition) is 6. The van der Waals surface area contributed by atoms with Gasteiger partial charge in [0.05, 0.1) is 19.1 Å². The van der Waals surface area contributed by atoms with Gasteiger partial charge in [-0.25, -0.2) is 8.78 Å². The van der Waals surface area contributed by atoms with Gasteiger partial charge in [0.2, 0.25) is 5.89 Å². The van der Waals surface area contributed by atoms with E-state index in [4.69, 9.17) is 9.26 Å². The van der Waals surface area contributed by atoms with Crippen LogP contribution in [0.15, 0.2) is 4.52 Å². The number of piperazine rings is 1. The summed E-state index contributed by atoms with van der Waals surface area (Å²) in [6.07, 6.45) is -2.09. The van der Waals surface area contributed by atoms with Crippen LogP contribution in [-0.2, 0) is 11.2 Å². The topological polar surface area (TPSA) is 63.4 Å². The van der Waals surface area contributed by atoms with Crippen molar-refractivity contribution in [3.63, 3.8) is 0 Å². The molecule has 0 radical (unpaired) electrons. The van der Waals surface area contributed by atoms with E-state index in [1.165, 1.54) is 0 Å². The van der Waals surface area contributed by atoms with Crippen molar-refractivity contribution in [3.8, 4) is 0 Å². The first kappa shape index (κ1) is 15.3. The molecule has 2 rings (SSSR count). The predicted octanol–water partition coefficient (Wildman–Crippen LogP) is 0.860. The summed E-state index contributed by atoms with van der Waals surface area (Å²) >= 11 is 0. The molecule has 0 aliphatic carbocycles. The second-order valence-electron chi connectivity index (χ2n) is 4.72. The number of rotatable bonds is 7. The minimum Gasteiger partial charge on any atom is -0.375 e. The van der Waals surface area contributed by atoms with E-state index in [1.807, 2.05) is 6.92 Å². The summed E-state index contributed by atoms with van der Waals surface area (Å²) in [6, 6.07) is 0.0941. The van der Waals surface area contributed by atoms with Crippen LogP contribution in [0, 0.1) is 0 Å².